The molecule has 1 aromatic carbocycles. The molecule has 5 nitrogen and oxygen atoms in total. The Morgan fingerprint density at radius 2 is 2.10 bits per heavy atom. The molecule has 0 aliphatic carbocycles. The average Bonchev–Trinajstić information content (AvgIpc) is 2.45. The molecular formula is C16H20N2O3. The Kier molecular flexibility index (Phi) is 4.53. The van der Waals surface area contributed by atoms with Crippen molar-refractivity contribution in [2.75, 3.05) is 7.05 Å². The first-order valence-corrected chi connectivity index (χ1v) is 7.06. The Morgan fingerprint density at radius 1 is 1.38 bits per heavy atom. The van der Waals surface area contributed by atoms with Crippen LogP contribution in [0.3, 0.4) is 0 Å². The summed E-state index contributed by atoms with van der Waals surface area (Å²) in [5.41, 5.74) is 1.67. The zero-order valence-electron chi connectivity index (χ0n) is 12.6. The molecule has 1 aliphatic rings. The number of nitrogens with zero attached hydrogens (tertiary/aromatic N) is 1. The lowest BCUT2D eigenvalue weighted by molar-refractivity contribution is -0.137. The van der Waals surface area contributed by atoms with Gasteiger partial charge in [-0.3, -0.25) is 24.6 Å². The number of piperidine rings is 1. The standard InChI is InChI=1S/C16H20N2O3/c1-10-5-4-6-12(9-10)15(20)11(2)18(3)13-7-8-14(19)17-16(13)21/h4-6,9,11,13H,7-8H2,1-3H3,(H,17,19,21). The average molecular weight is 288 g/mol. The van der Waals surface area contributed by atoms with E-state index >= 15 is 0 Å². The first-order valence-electron chi connectivity index (χ1n) is 7.06. The minimum atomic E-state index is -0.438. The largest absolute Gasteiger partial charge is 0.295 e. The van der Waals surface area contributed by atoms with Crippen molar-refractivity contribution in [3.05, 3.63) is 35.4 Å². The van der Waals surface area contributed by atoms with Gasteiger partial charge in [-0.1, -0.05) is 23.8 Å². The fourth-order valence-corrected chi connectivity index (χ4v) is 2.57. The van der Waals surface area contributed by atoms with Crippen molar-refractivity contribution in [1.29, 1.82) is 0 Å². The molecule has 1 aliphatic heterocycles. The number of rotatable bonds is 4. The second-order valence-corrected chi connectivity index (χ2v) is 5.54. The van der Waals surface area contributed by atoms with Gasteiger partial charge >= 0.3 is 0 Å². The molecule has 0 bridgehead atoms. The van der Waals surface area contributed by atoms with Crippen LogP contribution in [-0.4, -0.2) is 41.6 Å². The number of aryl methyl sites for hydroxylation is 1. The van der Waals surface area contributed by atoms with Crippen LogP contribution in [0.2, 0.25) is 0 Å². The third-order valence-electron chi connectivity index (χ3n) is 3.99. The van der Waals surface area contributed by atoms with Gasteiger partial charge < -0.3 is 0 Å². The van der Waals surface area contributed by atoms with Crippen molar-refractivity contribution >= 4 is 17.6 Å². The molecule has 1 N–H and O–H groups in total. The summed E-state index contributed by atoms with van der Waals surface area (Å²) in [5, 5.41) is 2.32. The van der Waals surface area contributed by atoms with Crippen LogP contribution in [-0.2, 0) is 9.59 Å². The molecular weight excluding hydrogens is 268 g/mol. The number of amides is 2. The molecule has 5 heteroatoms. The maximum atomic E-state index is 12.5. The molecule has 2 unspecified atom stereocenters. The summed E-state index contributed by atoms with van der Waals surface area (Å²) in [4.78, 5) is 37.3. The zero-order chi connectivity index (χ0) is 15.6. The predicted octanol–water partition coefficient (Wildman–Crippen LogP) is 1.30. The van der Waals surface area contributed by atoms with Gasteiger partial charge in [0.05, 0.1) is 12.1 Å². The quantitative estimate of drug-likeness (QED) is 0.670. The molecule has 1 saturated heterocycles. The molecule has 1 heterocycles. The second kappa shape index (κ2) is 6.18. The minimum Gasteiger partial charge on any atom is -0.295 e. The lowest BCUT2D eigenvalue weighted by atomic mass is 9.98. The Bertz CT molecular complexity index is 583. The van der Waals surface area contributed by atoms with E-state index in [1.807, 2.05) is 25.1 Å². The van der Waals surface area contributed by atoms with Crippen molar-refractivity contribution in [3.8, 4) is 0 Å². The maximum Gasteiger partial charge on any atom is 0.243 e. The number of Topliss-reactive ketones (excluding diaryl/α,β-unsaturated/α-hetero) is 1. The molecule has 1 aromatic rings. The van der Waals surface area contributed by atoms with Crippen molar-refractivity contribution in [1.82, 2.24) is 10.2 Å². The smallest absolute Gasteiger partial charge is 0.243 e. The number of carbonyl (C=O) groups is 3. The summed E-state index contributed by atoms with van der Waals surface area (Å²) in [5.74, 6) is -0.592. The molecule has 2 atom stereocenters. The Balaban J connectivity index is 2.11. The van der Waals surface area contributed by atoms with Gasteiger partial charge in [-0.25, -0.2) is 0 Å². The molecule has 0 saturated carbocycles. The molecule has 0 radical (unpaired) electrons. The third-order valence-corrected chi connectivity index (χ3v) is 3.99. The van der Waals surface area contributed by atoms with Gasteiger partial charge in [0.1, 0.15) is 0 Å². The lowest BCUT2D eigenvalue weighted by Gasteiger charge is -2.33. The van der Waals surface area contributed by atoms with Gasteiger partial charge in [0.2, 0.25) is 11.8 Å². The van der Waals surface area contributed by atoms with E-state index in [0.29, 0.717) is 18.4 Å². The minimum absolute atomic E-state index is 0.0223. The van der Waals surface area contributed by atoms with Crippen LogP contribution in [0.25, 0.3) is 0 Å². The first-order chi connectivity index (χ1) is 9.90. The van der Waals surface area contributed by atoms with Gasteiger partial charge in [0, 0.05) is 12.0 Å². The van der Waals surface area contributed by atoms with Crippen LogP contribution in [0.1, 0.15) is 35.7 Å². The Hall–Kier alpha value is -2.01. The highest BCUT2D eigenvalue weighted by Gasteiger charge is 2.34. The van der Waals surface area contributed by atoms with Gasteiger partial charge in [-0.15, -0.1) is 0 Å². The number of imide groups is 1. The number of carbonyl (C=O) groups excluding carboxylic acids is 3. The number of likely N-dealkylation sites (N-methyl/N-ethyl adjacent to an activating group) is 1. The molecule has 0 aromatic heterocycles. The number of hydrogen-bond donors (Lipinski definition) is 1. The number of hydrogen-bond acceptors (Lipinski definition) is 4. The van der Waals surface area contributed by atoms with Crippen LogP contribution >= 0.6 is 0 Å². The van der Waals surface area contributed by atoms with Gasteiger partial charge in [-0.05, 0) is 33.4 Å². The summed E-state index contributed by atoms with van der Waals surface area (Å²) < 4.78 is 0. The fraction of sp³-hybridized carbons (Fsp3) is 0.438. The maximum absolute atomic E-state index is 12.5. The lowest BCUT2D eigenvalue weighted by Crippen LogP contribution is -2.54. The van der Waals surface area contributed by atoms with E-state index < -0.39 is 12.1 Å². The van der Waals surface area contributed by atoms with Crippen LogP contribution in [0.15, 0.2) is 24.3 Å². The molecule has 1 fully saturated rings. The summed E-state index contributed by atoms with van der Waals surface area (Å²) in [6, 6.07) is 6.55. The second-order valence-electron chi connectivity index (χ2n) is 5.54. The van der Waals surface area contributed by atoms with Gasteiger partial charge in [-0.2, -0.15) is 0 Å². The van der Waals surface area contributed by atoms with Crippen LogP contribution < -0.4 is 5.32 Å². The van der Waals surface area contributed by atoms with Crippen LogP contribution in [0, 0.1) is 6.92 Å². The molecule has 2 rings (SSSR count). The van der Waals surface area contributed by atoms with Crippen molar-refractivity contribution in [2.45, 2.75) is 38.8 Å². The van der Waals surface area contributed by atoms with Crippen molar-refractivity contribution in [3.63, 3.8) is 0 Å². The normalized spacial score (nSPS) is 20.3. The highest BCUT2D eigenvalue weighted by atomic mass is 16.2. The summed E-state index contributed by atoms with van der Waals surface area (Å²) in [6.07, 6.45) is 0.763. The summed E-state index contributed by atoms with van der Waals surface area (Å²) in [7, 11) is 1.75. The van der Waals surface area contributed by atoms with E-state index in [1.165, 1.54) is 0 Å². The number of benzene rings is 1. The summed E-state index contributed by atoms with van der Waals surface area (Å²) in [6.45, 7) is 3.72. The van der Waals surface area contributed by atoms with E-state index in [2.05, 4.69) is 5.32 Å². The molecule has 112 valence electrons. The predicted molar refractivity (Wildman–Crippen MR) is 78.9 cm³/mol. The van der Waals surface area contributed by atoms with Crippen molar-refractivity contribution < 1.29 is 14.4 Å². The fourth-order valence-electron chi connectivity index (χ4n) is 2.57. The third kappa shape index (κ3) is 3.36. The Labute approximate surface area is 124 Å². The number of nitrogens with one attached hydrogen (secondary N) is 1. The van der Waals surface area contributed by atoms with Crippen LogP contribution in [0.4, 0.5) is 0 Å². The van der Waals surface area contributed by atoms with Gasteiger partial charge in [0.15, 0.2) is 5.78 Å². The first kappa shape index (κ1) is 15.4. The van der Waals surface area contributed by atoms with Gasteiger partial charge in [0.25, 0.3) is 0 Å². The molecule has 0 spiro atoms. The van der Waals surface area contributed by atoms with E-state index in [1.54, 1.807) is 24.9 Å². The Morgan fingerprint density at radius 3 is 2.71 bits per heavy atom. The van der Waals surface area contributed by atoms with E-state index in [0.717, 1.165) is 5.56 Å². The van der Waals surface area contributed by atoms with Crippen molar-refractivity contribution in [2.24, 2.45) is 0 Å². The number of ketones is 1. The molecule has 2 amide bonds. The van der Waals surface area contributed by atoms with E-state index in [9.17, 15) is 14.4 Å². The molecule has 21 heavy (non-hydrogen) atoms. The van der Waals surface area contributed by atoms with E-state index in [-0.39, 0.29) is 17.6 Å². The van der Waals surface area contributed by atoms with Crippen LogP contribution in [0.5, 0.6) is 0 Å². The summed E-state index contributed by atoms with van der Waals surface area (Å²) >= 11 is 0. The highest BCUT2D eigenvalue weighted by Crippen LogP contribution is 2.17. The SMILES string of the molecule is Cc1cccc(C(=O)C(C)N(C)C2CCC(=O)NC2=O)c1. The topological polar surface area (TPSA) is 66.5 Å². The highest BCUT2D eigenvalue weighted by molar-refractivity contribution is 6.02. The van der Waals surface area contributed by atoms with E-state index in [4.69, 9.17) is 0 Å². The monoisotopic (exact) mass is 288 g/mol. The zero-order valence-corrected chi connectivity index (χ0v) is 12.6.